The van der Waals surface area contributed by atoms with Crippen molar-refractivity contribution in [3.63, 3.8) is 0 Å². The van der Waals surface area contributed by atoms with Gasteiger partial charge >= 0.3 is 0 Å². The second-order valence-electron chi connectivity index (χ2n) is 5.25. The molecule has 3 aromatic rings. The lowest BCUT2D eigenvalue weighted by Gasteiger charge is -2.16. The number of hydrogen-bond acceptors (Lipinski definition) is 4. The second kappa shape index (κ2) is 4.32. The molecule has 0 aliphatic carbocycles. The van der Waals surface area contributed by atoms with Crippen molar-refractivity contribution >= 4 is 17.0 Å². The first kappa shape index (κ1) is 11.9. The average Bonchev–Trinajstić information content (AvgIpc) is 3.08. The summed E-state index contributed by atoms with van der Waals surface area (Å²) in [5.74, 6) is 0.915. The number of aromatic nitrogens is 3. The maximum atomic E-state index is 9.23. The number of pyridine rings is 1. The van der Waals surface area contributed by atoms with Crippen molar-refractivity contribution < 1.29 is 0 Å². The minimum absolute atomic E-state index is 0.726. The number of rotatable bonds is 1. The molecule has 0 amide bonds. The van der Waals surface area contributed by atoms with E-state index in [1.165, 1.54) is 5.56 Å². The van der Waals surface area contributed by atoms with Crippen LogP contribution in [0.5, 0.6) is 0 Å². The third-order valence-electron chi connectivity index (χ3n) is 4.05. The number of anilines is 1. The van der Waals surface area contributed by atoms with E-state index in [1.807, 2.05) is 31.4 Å². The van der Waals surface area contributed by atoms with Gasteiger partial charge in [0.2, 0.25) is 5.95 Å². The molecule has 0 saturated heterocycles. The summed E-state index contributed by atoms with van der Waals surface area (Å²) in [6, 6.07) is 10.1. The largest absolute Gasteiger partial charge is 0.334 e. The fourth-order valence-corrected chi connectivity index (χ4v) is 2.97. The number of aryl methyl sites for hydroxylation is 1. The van der Waals surface area contributed by atoms with E-state index in [2.05, 4.69) is 26.6 Å². The molecule has 5 heteroatoms. The molecule has 0 spiro atoms. The molecule has 102 valence electrons. The lowest BCUT2D eigenvalue weighted by atomic mass is 10.1. The van der Waals surface area contributed by atoms with Gasteiger partial charge in [-0.15, -0.1) is 0 Å². The van der Waals surface area contributed by atoms with Gasteiger partial charge in [-0.1, -0.05) is 12.1 Å². The summed E-state index contributed by atoms with van der Waals surface area (Å²) >= 11 is 0. The van der Waals surface area contributed by atoms with E-state index in [0.717, 1.165) is 41.2 Å². The summed E-state index contributed by atoms with van der Waals surface area (Å²) in [6.07, 6.45) is 3.58. The van der Waals surface area contributed by atoms with Crippen LogP contribution in [0.4, 0.5) is 5.95 Å². The highest BCUT2D eigenvalue weighted by Crippen LogP contribution is 2.30. The summed E-state index contributed by atoms with van der Waals surface area (Å²) in [7, 11) is 2.00. The third kappa shape index (κ3) is 1.69. The van der Waals surface area contributed by atoms with Gasteiger partial charge in [0, 0.05) is 26.3 Å². The van der Waals surface area contributed by atoms with Crippen LogP contribution >= 0.6 is 0 Å². The molecule has 0 unspecified atom stereocenters. The standard InChI is InChI=1S/C16H13N5/c1-20-15-8-18-6-5-14(15)19-16(20)21-9-12-4-2-3-11(7-17)13(12)10-21/h2-6,8H,9-10H2,1H3. The molecular formula is C16H13N5. The zero-order chi connectivity index (χ0) is 14.4. The van der Waals surface area contributed by atoms with E-state index >= 15 is 0 Å². The van der Waals surface area contributed by atoms with Gasteiger partial charge in [0.1, 0.15) is 0 Å². The molecule has 5 nitrogen and oxygen atoms in total. The van der Waals surface area contributed by atoms with Crippen molar-refractivity contribution in [1.29, 1.82) is 5.26 Å². The fourth-order valence-electron chi connectivity index (χ4n) is 2.97. The van der Waals surface area contributed by atoms with Crippen LogP contribution in [0.15, 0.2) is 36.7 Å². The van der Waals surface area contributed by atoms with Crippen LogP contribution < -0.4 is 4.90 Å². The van der Waals surface area contributed by atoms with E-state index in [-0.39, 0.29) is 0 Å². The highest BCUT2D eigenvalue weighted by Gasteiger charge is 2.25. The third-order valence-corrected chi connectivity index (χ3v) is 4.05. The van der Waals surface area contributed by atoms with Crippen LogP contribution in [0.2, 0.25) is 0 Å². The first-order valence-electron chi connectivity index (χ1n) is 6.80. The Hall–Kier alpha value is -2.87. The minimum atomic E-state index is 0.726. The SMILES string of the molecule is Cn1c(N2Cc3cccc(C#N)c3C2)nc2ccncc21. The van der Waals surface area contributed by atoms with E-state index in [4.69, 9.17) is 4.98 Å². The molecule has 0 radical (unpaired) electrons. The van der Waals surface area contributed by atoms with Crippen LogP contribution in [0.1, 0.15) is 16.7 Å². The highest BCUT2D eigenvalue weighted by molar-refractivity contribution is 5.77. The Morgan fingerprint density at radius 3 is 2.95 bits per heavy atom. The van der Waals surface area contributed by atoms with Gasteiger partial charge in [0.05, 0.1) is 28.9 Å². The van der Waals surface area contributed by atoms with Crippen LogP contribution in [-0.2, 0) is 20.1 Å². The van der Waals surface area contributed by atoms with Gasteiger partial charge in [-0.25, -0.2) is 4.98 Å². The maximum Gasteiger partial charge on any atom is 0.206 e. The molecule has 0 N–H and O–H groups in total. The maximum absolute atomic E-state index is 9.23. The zero-order valence-electron chi connectivity index (χ0n) is 11.6. The van der Waals surface area contributed by atoms with Crippen molar-refractivity contribution in [2.75, 3.05) is 4.90 Å². The Labute approximate surface area is 122 Å². The van der Waals surface area contributed by atoms with Crippen LogP contribution in [0.3, 0.4) is 0 Å². The highest BCUT2D eigenvalue weighted by atomic mass is 15.3. The molecule has 0 bridgehead atoms. The predicted molar refractivity (Wildman–Crippen MR) is 79.6 cm³/mol. The molecular weight excluding hydrogens is 262 g/mol. The van der Waals surface area contributed by atoms with Gasteiger partial charge in [-0.2, -0.15) is 5.26 Å². The smallest absolute Gasteiger partial charge is 0.206 e. The average molecular weight is 275 g/mol. The number of nitrogens with zero attached hydrogens (tertiary/aromatic N) is 5. The molecule has 1 aliphatic rings. The van der Waals surface area contributed by atoms with E-state index in [9.17, 15) is 5.26 Å². The van der Waals surface area contributed by atoms with Gasteiger partial charge in [-0.3, -0.25) is 4.98 Å². The molecule has 0 saturated carbocycles. The molecule has 4 rings (SSSR count). The normalized spacial score (nSPS) is 13.4. The second-order valence-corrected chi connectivity index (χ2v) is 5.25. The summed E-state index contributed by atoms with van der Waals surface area (Å²) in [6.45, 7) is 1.51. The number of benzene rings is 1. The number of nitriles is 1. The Bertz CT molecular complexity index is 887. The van der Waals surface area contributed by atoms with Gasteiger partial charge in [0.15, 0.2) is 0 Å². The van der Waals surface area contributed by atoms with Crippen molar-refractivity contribution in [1.82, 2.24) is 14.5 Å². The van der Waals surface area contributed by atoms with Crippen LogP contribution in [-0.4, -0.2) is 14.5 Å². The number of hydrogen-bond donors (Lipinski definition) is 0. The van der Waals surface area contributed by atoms with Gasteiger partial charge in [-0.05, 0) is 23.3 Å². The summed E-state index contributed by atoms with van der Waals surface area (Å²) in [4.78, 5) is 11.1. The predicted octanol–water partition coefficient (Wildman–Crippen LogP) is 2.36. The minimum Gasteiger partial charge on any atom is -0.334 e. The van der Waals surface area contributed by atoms with Crippen molar-refractivity contribution in [2.45, 2.75) is 13.1 Å². The zero-order valence-corrected chi connectivity index (χ0v) is 11.6. The lowest BCUT2D eigenvalue weighted by Crippen LogP contribution is -2.18. The quantitative estimate of drug-likeness (QED) is 0.684. The van der Waals surface area contributed by atoms with Crippen molar-refractivity contribution in [3.05, 3.63) is 53.3 Å². The van der Waals surface area contributed by atoms with Gasteiger partial charge in [0.25, 0.3) is 0 Å². The number of fused-ring (bicyclic) bond motifs is 2. The van der Waals surface area contributed by atoms with Gasteiger partial charge < -0.3 is 9.47 Å². The van der Waals surface area contributed by atoms with Crippen molar-refractivity contribution in [3.8, 4) is 6.07 Å². The van der Waals surface area contributed by atoms with Crippen molar-refractivity contribution in [2.24, 2.45) is 7.05 Å². The molecule has 0 atom stereocenters. The molecule has 1 aromatic carbocycles. The topological polar surface area (TPSA) is 57.7 Å². The first-order valence-corrected chi connectivity index (χ1v) is 6.80. The Kier molecular flexibility index (Phi) is 2.45. The number of imidazole rings is 1. The monoisotopic (exact) mass is 275 g/mol. The Morgan fingerprint density at radius 2 is 2.14 bits per heavy atom. The summed E-state index contributed by atoms with van der Waals surface area (Å²) in [5, 5.41) is 9.23. The van der Waals surface area contributed by atoms with E-state index < -0.39 is 0 Å². The van der Waals surface area contributed by atoms with E-state index in [0.29, 0.717) is 0 Å². The summed E-state index contributed by atoms with van der Waals surface area (Å²) in [5.41, 5.74) is 5.04. The molecule has 21 heavy (non-hydrogen) atoms. The molecule has 3 heterocycles. The molecule has 2 aromatic heterocycles. The first-order chi connectivity index (χ1) is 10.3. The Morgan fingerprint density at radius 1 is 1.24 bits per heavy atom. The molecule has 1 aliphatic heterocycles. The van der Waals surface area contributed by atoms with Crippen LogP contribution in [0.25, 0.3) is 11.0 Å². The Balaban J connectivity index is 1.79. The van der Waals surface area contributed by atoms with Crippen LogP contribution in [0, 0.1) is 11.3 Å². The lowest BCUT2D eigenvalue weighted by molar-refractivity contribution is 0.787. The fraction of sp³-hybridized carbons (Fsp3) is 0.188. The molecule has 0 fully saturated rings. The summed E-state index contributed by atoms with van der Waals surface area (Å²) < 4.78 is 2.06. The van der Waals surface area contributed by atoms with E-state index in [1.54, 1.807) is 6.20 Å².